The summed E-state index contributed by atoms with van der Waals surface area (Å²) in [5, 5.41) is 12.6. The summed E-state index contributed by atoms with van der Waals surface area (Å²) in [5.41, 5.74) is 3.13. The van der Waals surface area contributed by atoms with Gasteiger partial charge in [0.2, 0.25) is 0 Å². The molecule has 2 nitrogen and oxygen atoms in total. The minimum absolute atomic E-state index is 0.743. The second-order valence-corrected chi connectivity index (χ2v) is 5.76. The fraction of sp³-hybridized carbons (Fsp3) is 0.235. The van der Waals surface area contributed by atoms with Crippen LogP contribution in [0.1, 0.15) is 23.6 Å². The summed E-state index contributed by atoms with van der Waals surface area (Å²) in [6.45, 7) is 5.89. The van der Waals surface area contributed by atoms with E-state index in [1.807, 2.05) is 18.2 Å². The van der Waals surface area contributed by atoms with Crippen molar-refractivity contribution in [3.63, 3.8) is 0 Å². The van der Waals surface area contributed by atoms with Crippen molar-refractivity contribution in [3.8, 4) is 6.07 Å². The smallest absolute Gasteiger partial charge is 0.100 e. The second kappa shape index (κ2) is 7.14. The molecule has 0 aromatic heterocycles. The third-order valence-electron chi connectivity index (χ3n) is 2.96. The summed E-state index contributed by atoms with van der Waals surface area (Å²) in [7, 11) is 0. The van der Waals surface area contributed by atoms with Crippen molar-refractivity contribution in [3.05, 3.63) is 59.2 Å². The molecule has 0 amide bonds. The van der Waals surface area contributed by atoms with Crippen molar-refractivity contribution in [2.45, 2.75) is 30.2 Å². The van der Waals surface area contributed by atoms with E-state index in [1.54, 1.807) is 11.8 Å². The highest BCUT2D eigenvalue weighted by Gasteiger charge is 2.06. The SMILES string of the molecule is CCNCc1ccc(Sc2cccc(C)c2)c(C#N)c1. The highest BCUT2D eigenvalue weighted by Crippen LogP contribution is 2.31. The number of rotatable bonds is 5. The van der Waals surface area contributed by atoms with Crippen LogP contribution >= 0.6 is 11.8 Å². The van der Waals surface area contributed by atoms with Gasteiger partial charge >= 0.3 is 0 Å². The van der Waals surface area contributed by atoms with Gasteiger partial charge in [0.15, 0.2) is 0 Å². The van der Waals surface area contributed by atoms with E-state index in [0.717, 1.165) is 29.1 Å². The van der Waals surface area contributed by atoms with E-state index >= 15 is 0 Å². The number of nitrogens with one attached hydrogen (secondary N) is 1. The number of nitriles is 1. The van der Waals surface area contributed by atoms with Gasteiger partial charge in [-0.25, -0.2) is 0 Å². The zero-order chi connectivity index (χ0) is 14.4. The molecular formula is C17H18N2S. The molecule has 0 saturated heterocycles. The Labute approximate surface area is 124 Å². The van der Waals surface area contributed by atoms with Gasteiger partial charge in [-0.1, -0.05) is 42.4 Å². The molecule has 0 atom stereocenters. The first-order valence-electron chi connectivity index (χ1n) is 6.71. The van der Waals surface area contributed by atoms with Gasteiger partial charge in [-0.05, 0) is 43.3 Å². The molecule has 3 heteroatoms. The van der Waals surface area contributed by atoms with Gasteiger partial charge < -0.3 is 5.32 Å². The van der Waals surface area contributed by atoms with Crippen molar-refractivity contribution in [2.24, 2.45) is 0 Å². The molecule has 0 aliphatic heterocycles. The van der Waals surface area contributed by atoms with Crippen LogP contribution in [0.2, 0.25) is 0 Å². The van der Waals surface area contributed by atoms with Crippen LogP contribution in [0.5, 0.6) is 0 Å². The Bertz CT molecular complexity index is 629. The summed E-state index contributed by atoms with van der Waals surface area (Å²) in [6, 6.07) is 16.7. The maximum Gasteiger partial charge on any atom is 0.100 e. The molecule has 2 aromatic carbocycles. The number of nitrogens with zero attached hydrogens (tertiary/aromatic N) is 1. The van der Waals surface area contributed by atoms with E-state index in [0.29, 0.717) is 0 Å². The van der Waals surface area contributed by atoms with Gasteiger partial charge in [-0.15, -0.1) is 0 Å². The molecule has 0 bridgehead atoms. The summed E-state index contributed by atoms with van der Waals surface area (Å²) in [6.07, 6.45) is 0. The van der Waals surface area contributed by atoms with Gasteiger partial charge in [0.25, 0.3) is 0 Å². The van der Waals surface area contributed by atoms with Gasteiger partial charge in [0, 0.05) is 16.3 Å². The van der Waals surface area contributed by atoms with Crippen molar-refractivity contribution in [1.82, 2.24) is 5.32 Å². The highest BCUT2D eigenvalue weighted by molar-refractivity contribution is 7.99. The quantitative estimate of drug-likeness (QED) is 0.895. The summed E-state index contributed by atoms with van der Waals surface area (Å²) < 4.78 is 0. The maximum absolute atomic E-state index is 9.32. The normalized spacial score (nSPS) is 10.2. The van der Waals surface area contributed by atoms with Crippen LogP contribution < -0.4 is 5.32 Å². The molecule has 0 fully saturated rings. The molecular weight excluding hydrogens is 264 g/mol. The molecule has 0 spiro atoms. The fourth-order valence-corrected chi connectivity index (χ4v) is 2.93. The Morgan fingerprint density at radius 1 is 1.20 bits per heavy atom. The maximum atomic E-state index is 9.32. The lowest BCUT2D eigenvalue weighted by Gasteiger charge is -2.08. The van der Waals surface area contributed by atoms with Gasteiger partial charge in [-0.3, -0.25) is 0 Å². The molecule has 0 saturated carbocycles. The number of hydrogen-bond acceptors (Lipinski definition) is 3. The second-order valence-electron chi connectivity index (χ2n) is 4.64. The first-order valence-corrected chi connectivity index (χ1v) is 7.53. The Morgan fingerprint density at radius 3 is 2.75 bits per heavy atom. The lowest BCUT2D eigenvalue weighted by Crippen LogP contribution is -2.11. The largest absolute Gasteiger partial charge is 0.313 e. The predicted octanol–water partition coefficient (Wildman–Crippen LogP) is 4.13. The van der Waals surface area contributed by atoms with Crippen LogP contribution in [0.15, 0.2) is 52.3 Å². The van der Waals surface area contributed by atoms with Gasteiger partial charge in [-0.2, -0.15) is 5.26 Å². The molecule has 2 aromatic rings. The van der Waals surface area contributed by atoms with Crippen LogP contribution in [-0.2, 0) is 6.54 Å². The van der Waals surface area contributed by atoms with Crippen LogP contribution in [0.25, 0.3) is 0 Å². The van der Waals surface area contributed by atoms with Crippen molar-refractivity contribution in [2.75, 3.05) is 6.54 Å². The zero-order valence-corrected chi connectivity index (χ0v) is 12.6. The van der Waals surface area contributed by atoms with E-state index in [-0.39, 0.29) is 0 Å². The zero-order valence-electron chi connectivity index (χ0n) is 11.8. The Hall–Kier alpha value is -1.76. The minimum Gasteiger partial charge on any atom is -0.313 e. The number of aryl methyl sites for hydroxylation is 1. The summed E-state index contributed by atoms with van der Waals surface area (Å²) in [5.74, 6) is 0. The Morgan fingerprint density at radius 2 is 2.05 bits per heavy atom. The molecule has 0 radical (unpaired) electrons. The number of hydrogen-bond donors (Lipinski definition) is 1. The van der Waals surface area contributed by atoms with Crippen LogP contribution in [0, 0.1) is 18.3 Å². The van der Waals surface area contributed by atoms with Crippen LogP contribution in [0.3, 0.4) is 0 Å². The van der Waals surface area contributed by atoms with Crippen molar-refractivity contribution >= 4 is 11.8 Å². The lowest BCUT2D eigenvalue weighted by molar-refractivity contribution is 0.726. The molecule has 0 aliphatic rings. The Balaban J connectivity index is 2.22. The first kappa shape index (κ1) is 14.6. The molecule has 0 heterocycles. The van der Waals surface area contributed by atoms with Crippen LogP contribution in [-0.4, -0.2) is 6.54 Å². The van der Waals surface area contributed by atoms with E-state index < -0.39 is 0 Å². The van der Waals surface area contributed by atoms with Gasteiger partial charge in [0.05, 0.1) is 5.56 Å². The average molecular weight is 282 g/mol. The summed E-state index contributed by atoms with van der Waals surface area (Å²) in [4.78, 5) is 2.18. The molecule has 0 aliphatic carbocycles. The van der Waals surface area contributed by atoms with E-state index in [4.69, 9.17) is 0 Å². The van der Waals surface area contributed by atoms with E-state index in [2.05, 4.69) is 49.5 Å². The molecule has 2 rings (SSSR count). The third-order valence-corrected chi connectivity index (χ3v) is 4.03. The van der Waals surface area contributed by atoms with Crippen molar-refractivity contribution < 1.29 is 0 Å². The van der Waals surface area contributed by atoms with E-state index in [9.17, 15) is 5.26 Å². The highest BCUT2D eigenvalue weighted by atomic mass is 32.2. The lowest BCUT2D eigenvalue weighted by atomic mass is 10.1. The topological polar surface area (TPSA) is 35.8 Å². The summed E-state index contributed by atoms with van der Waals surface area (Å²) >= 11 is 1.64. The fourth-order valence-electron chi connectivity index (χ4n) is 1.94. The predicted molar refractivity (Wildman–Crippen MR) is 83.8 cm³/mol. The Kier molecular flexibility index (Phi) is 5.23. The molecule has 102 valence electrons. The first-order chi connectivity index (χ1) is 9.72. The molecule has 20 heavy (non-hydrogen) atoms. The monoisotopic (exact) mass is 282 g/mol. The van der Waals surface area contributed by atoms with Gasteiger partial charge in [0.1, 0.15) is 6.07 Å². The van der Waals surface area contributed by atoms with Crippen LogP contribution in [0.4, 0.5) is 0 Å². The molecule has 1 N–H and O–H groups in total. The molecule has 0 unspecified atom stereocenters. The van der Waals surface area contributed by atoms with Crippen molar-refractivity contribution in [1.29, 1.82) is 5.26 Å². The van der Waals surface area contributed by atoms with E-state index in [1.165, 1.54) is 10.5 Å². The standard InChI is InChI=1S/C17H18N2S/c1-3-19-12-14-7-8-17(15(10-14)11-18)20-16-6-4-5-13(2)9-16/h4-10,19H,3,12H2,1-2H3. The third kappa shape index (κ3) is 3.86. The average Bonchev–Trinajstić information content (AvgIpc) is 2.46. The number of benzene rings is 2. The minimum atomic E-state index is 0.743.